The highest BCUT2D eigenvalue weighted by atomic mass is 16.7. The maximum Gasteiger partial charge on any atom is 0.184 e. The van der Waals surface area contributed by atoms with Gasteiger partial charge in [-0.15, -0.1) is 0 Å². The molecule has 0 spiro atoms. The molecule has 0 amide bonds. The van der Waals surface area contributed by atoms with Crippen LogP contribution < -0.4 is 0 Å². The van der Waals surface area contributed by atoms with E-state index < -0.39 is 0 Å². The van der Waals surface area contributed by atoms with Gasteiger partial charge in [0.15, 0.2) is 6.29 Å². The second-order valence-electron chi connectivity index (χ2n) is 3.35. The minimum atomic E-state index is -0.257. The highest BCUT2D eigenvalue weighted by Crippen LogP contribution is 2.27. The van der Waals surface area contributed by atoms with Crippen molar-refractivity contribution >= 4 is 0 Å². The highest BCUT2D eigenvalue weighted by Gasteiger charge is 2.26. The minimum Gasteiger partial charge on any atom is -0.396 e. The SMILES string of the molecule is OCC[C@@H]1CO[C@H](c2ccccc2)O1. The predicted octanol–water partition coefficient (Wildman–Crippen LogP) is 1.48. The molecule has 14 heavy (non-hydrogen) atoms. The number of benzene rings is 1. The van der Waals surface area contributed by atoms with Crippen LogP contribution in [0.1, 0.15) is 18.3 Å². The molecular weight excluding hydrogens is 180 g/mol. The Kier molecular flexibility index (Phi) is 3.14. The molecule has 0 unspecified atom stereocenters. The van der Waals surface area contributed by atoms with Gasteiger partial charge in [0.1, 0.15) is 0 Å². The largest absolute Gasteiger partial charge is 0.396 e. The van der Waals surface area contributed by atoms with Gasteiger partial charge in [-0.05, 0) is 6.42 Å². The van der Waals surface area contributed by atoms with Crippen molar-refractivity contribution < 1.29 is 14.6 Å². The summed E-state index contributed by atoms with van der Waals surface area (Å²) in [4.78, 5) is 0. The standard InChI is InChI=1S/C11H14O3/c12-7-6-10-8-13-11(14-10)9-4-2-1-3-5-9/h1-5,10-12H,6-8H2/t10-,11+/m1/s1. The van der Waals surface area contributed by atoms with Crippen LogP contribution in [0.2, 0.25) is 0 Å². The van der Waals surface area contributed by atoms with E-state index in [1.54, 1.807) is 0 Å². The molecule has 1 N–H and O–H groups in total. The molecule has 1 aliphatic heterocycles. The van der Waals surface area contributed by atoms with Crippen molar-refractivity contribution in [2.45, 2.75) is 18.8 Å². The number of aliphatic hydroxyl groups excluding tert-OH is 1. The van der Waals surface area contributed by atoms with Crippen molar-refractivity contribution in [2.75, 3.05) is 13.2 Å². The molecule has 1 heterocycles. The predicted molar refractivity (Wildman–Crippen MR) is 51.7 cm³/mol. The van der Waals surface area contributed by atoms with Gasteiger partial charge in [-0.3, -0.25) is 0 Å². The maximum absolute atomic E-state index is 8.75. The fourth-order valence-corrected chi connectivity index (χ4v) is 1.53. The molecule has 0 radical (unpaired) electrons. The van der Waals surface area contributed by atoms with Gasteiger partial charge in [-0.25, -0.2) is 0 Å². The number of rotatable bonds is 3. The van der Waals surface area contributed by atoms with E-state index in [0.717, 1.165) is 5.56 Å². The third kappa shape index (κ3) is 2.12. The molecule has 2 rings (SSSR count). The fraction of sp³-hybridized carbons (Fsp3) is 0.455. The summed E-state index contributed by atoms with van der Waals surface area (Å²) in [6, 6.07) is 9.84. The summed E-state index contributed by atoms with van der Waals surface area (Å²) in [5.41, 5.74) is 1.04. The first-order chi connectivity index (χ1) is 6.90. The molecule has 0 aromatic heterocycles. The average molecular weight is 194 g/mol. The Hall–Kier alpha value is -0.900. The average Bonchev–Trinajstić information content (AvgIpc) is 2.68. The van der Waals surface area contributed by atoms with Crippen LogP contribution in [0, 0.1) is 0 Å². The molecule has 3 heteroatoms. The van der Waals surface area contributed by atoms with E-state index in [4.69, 9.17) is 14.6 Å². The smallest absolute Gasteiger partial charge is 0.184 e. The van der Waals surface area contributed by atoms with E-state index in [1.165, 1.54) is 0 Å². The Morgan fingerprint density at radius 2 is 2.07 bits per heavy atom. The summed E-state index contributed by atoms with van der Waals surface area (Å²) in [7, 11) is 0. The van der Waals surface area contributed by atoms with Gasteiger partial charge in [-0.1, -0.05) is 30.3 Å². The molecular formula is C11H14O3. The third-order valence-corrected chi connectivity index (χ3v) is 2.27. The molecule has 0 bridgehead atoms. The summed E-state index contributed by atoms with van der Waals surface area (Å²) in [5, 5.41) is 8.75. The topological polar surface area (TPSA) is 38.7 Å². The van der Waals surface area contributed by atoms with E-state index in [9.17, 15) is 0 Å². The molecule has 76 valence electrons. The third-order valence-electron chi connectivity index (χ3n) is 2.27. The summed E-state index contributed by atoms with van der Waals surface area (Å²) >= 11 is 0. The lowest BCUT2D eigenvalue weighted by Crippen LogP contribution is -2.11. The van der Waals surface area contributed by atoms with Crippen LogP contribution in [0.3, 0.4) is 0 Å². The van der Waals surface area contributed by atoms with Gasteiger partial charge in [-0.2, -0.15) is 0 Å². The van der Waals surface area contributed by atoms with Crippen LogP contribution >= 0.6 is 0 Å². The molecule has 0 aliphatic carbocycles. The Bertz CT molecular complexity index is 273. The van der Waals surface area contributed by atoms with Crippen LogP contribution in [0.25, 0.3) is 0 Å². The second-order valence-corrected chi connectivity index (χ2v) is 3.35. The van der Waals surface area contributed by atoms with Crippen molar-refractivity contribution in [3.05, 3.63) is 35.9 Å². The number of hydrogen-bond donors (Lipinski definition) is 1. The molecule has 1 aromatic rings. The fourth-order valence-electron chi connectivity index (χ4n) is 1.53. The van der Waals surface area contributed by atoms with Gasteiger partial charge in [0.2, 0.25) is 0 Å². The van der Waals surface area contributed by atoms with Gasteiger partial charge >= 0.3 is 0 Å². The number of aliphatic hydroxyl groups is 1. The van der Waals surface area contributed by atoms with E-state index in [0.29, 0.717) is 13.0 Å². The monoisotopic (exact) mass is 194 g/mol. The van der Waals surface area contributed by atoms with Crippen LogP contribution in [-0.2, 0) is 9.47 Å². The van der Waals surface area contributed by atoms with Crippen LogP contribution in [0.5, 0.6) is 0 Å². The van der Waals surface area contributed by atoms with Gasteiger partial charge < -0.3 is 14.6 Å². The summed E-state index contributed by atoms with van der Waals surface area (Å²) in [6.45, 7) is 0.718. The Morgan fingerprint density at radius 1 is 1.29 bits per heavy atom. The summed E-state index contributed by atoms with van der Waals surface area (Å²) in [6.07, 6.45) is 0.418. The molecule has 1 aromatic carbocycles. The Labute approximate surface area is 83.3 Å². The first-order valence-electron chi connectivity index (χ1n) is 4.83. The van der Waals surface area contributed by atoms with Crippen molar-refractivity contribution in [1.29, 1.82) is 0 Å². The van der Waals surface area contributed by atoms with E-state index in [1.807, 2.05) is 30.3 Å². The first kappa shape index (κ1) is 9.65. The maximum atomic E-state index is 8.75. The summed E-state index contributed by atoms with van der Waals surface area (Å²) < 4.78 is 11.1. The molecule has 0 saturated carbocycles. The zero-order chi connectivity index (χ0) is 9.80. The van der Waals surface area contributed by atoms with E-state index in [-0.39, 0.29) is 19.0 Å². The van der Waals surface area contributed by atoms with Gasteiger partial charge in [0.25, 0.3) is 0 Å². The van der Waals surface area contributed by atoms with Crippen LogP contribution in [-0.4, -0.2) is 24.4 Å². The molecule has 1 saturated heterocycles. The normalized spacial score (nSPS) is 26.6. The van der Waals surface area contributed by atoms with E-state index >= 15 is 0 Å². The number of ether oxygens (including phenoxy) is 2. The lowest BCUT2D eigenvalue weighted by molar-refractivity contribution is -0.0627. The van der Waals surface area contributed by atoms with Crippen molar-refractivity contribution in [3.8, 4) is 0 Å². The zero-order valence-corrected chi connectivity index (χ0v) is 7.93. The van der Waals surface area contributed by atoms with Gasteiger partial charge in [0, 0.05) is 12.2 Å². The summed E-state index contributed by atoms with van der Waals surface area (Å²) in [5.74, 6) is 0. The first-order valence-corrected chi connectivity index (χ1v) is 4.83. The zero-order valence-electron chi connectivity index (χ0n) is 7.93. The number of hydrogen-bond acceptors (Lipinski definition) is 3. The molecule has 1 aliphatic rings. The molecule has 3 nitrogen and oxygen atoms in total. The van der Waals surface area contributed by atoms with Crippen molar-refractivity contribution in [3.63, 3.8) is 0 Å². The molecule has 1 fully saturated rings. The van der Waals surface area contributed by atoms with Crippen molar-refractivity contribution in [2.24, 2.45) is 0 Å². The highest BCUT2D eigenvalue weighted by molar-refractivity contribution is 5.16. The van der Waals surface area contributed by atoms with Crippen molar-refractivity contribution in [1.82, 2.24) is 0 Å². The Morgan fingerprint density at radius 3 is 2.79 bits per heavy atom. The Balaban J connectivity index is 1.96. The lowest BCUT2D eigenvalue weighted by atomic mass is 10.2. The second kappa shape index (κ2) is 4.55. The van der Waals surface area contributed by atoms with Crippen LogP contribution in [0.4, 0.5) is 0 Å². The lowest BCUT2D eigenvalue weighted by Gasteiger charge is -2.10. The quantitative estimate of drug-likeness (QED) is 0.792. The molecule has 2 atom stereocenters. The van der Waals surface area contributed by atoms with Crippen LogP contribution in [0.15, 0.2) is 30.3 Å². The minimum absolute atomic E-state index is 0.0326. The van der Waals surface area contributed by atoms with E-state index in [2.05, 4.69) is 0 Å². The van der Waals surface area contributed by atoms with Gasteiger partial charge in [0.05, 0.1) is 12.7 Å².